The van der Waals surface area contributed by atoms with E-state index in [0.717, 1.165) is 5.56 Å². The number of carbonyl (C=O) groups is 2. The third-order valence-corrected chi connectivity index (χ3v) is 5.50. The molecule has 8 heteroatoms. The van der Waals surface area contributed by atoms with Gasteiger partial charge in [-0.25, -0.2) is 4.79 Å². The molecule has 0 saturated carbocycles. The zero-order valence-electron chi connectivity index (χ0n) is 16.3. The number of nitrogens with zero attached hydrogens (tertiary/aromatic N) is 1. The number of carboxylic acid groups (broad SMARTS) is 1. The minimum absolute atomic E-state index is 0.00941. The Morgan fingerprint density at radius 2 is 1.93 bits per heavy atom. The molecule has 30 heavy (non-hydrogen) atoms. The molecule has 0 saturated heterocycles. The molecule has 1 aliphatic rings. The highest BCUT2D eigenvalue weighted by molar-refractivity contribution is 6.32. The van der Waals surface area contributed by atoms with Gasteiger partial charge in [-0.15, -0.1) is 0 Å². The largest absolute Gasteiger partial charge is 0.493 e. The molecule has 7 nitrogen and oxygen atoms in total. The number of methoxy groups -OCH3 is 2. The number of anilines is 1. The van der Waals surface area contributed by atoms with Crippen LogP contribution in [0.1, 0.15) is 34.0 Å². The normalized spacial score (nSPS) is 15.3. The van der Waals surface area contributed by atoms with Gasteiger partial charge in [-0.3, -0.25) is 4.79 Å². The number of carboxylic acids is 1. The summed E-state index contributed by atoms with van der Waals surface area (Å²) in [6, 6.07) is 12.6. The maximum atomic E-state index is 12.5. The zero-order valence-corrected chi connectivity index (χ0v) is 17.1. The van der Waals surface area contributed by atoms with Gasteiger partial charge in [0.2, 0.25) is 5.91 Å². The van der Waals surface area contributed by atoms with Crippen molar-refractivity contribution in [2.75, 3.05) is 19.5 Å². The number of carbonyl (C=O) groups excluding carboxylic acids is 1. The van der Waals surface area contributed by atoms with Crippen molar-refractivity contribution in [1.82, 2.24) is 4.57 Å². The van der Waals surface area contributed by atoms with E-state index < -0.39 is 11.9 Å². The molecular formula is C22H19ClN2O5. The molecule has 0 unspecified atom stereocenters. The van der Waals surface area contributed by atoms with Crippen LogP contribution in [0.15, 0.2) is 48.7 Å². The Morgan fingerprint density at radius 3 is 2.60 bits per heavy atom. The van der Waals surface area contributed by atoms with Crippen molar-refractivity contribution in [3.8, 4) is 17.2 Å². The van der Waals surface area contributed by atoms with E-state index in [9.17, 15) is 14.7 Å². The molecule has 154 valence electrons. The summed E-state index contributed by atoms with van der Waals surface area (Å²) in [6.45, 7) is 0. The summed E-state index contributed by atoms with van der Waals surface area (Å²) in [5, 5.41) is 12.9. The summed E-state index contributed by atoms with van der Waals surface area (Å²) in [4.78, 5) is 24.5. The van der Waals surface area contributed by atoms with Crippen molar-refractivity contribution in [3.05, 3.63) is 70.5 Å². The lowest BCUT2D eigenvalue weighted by Crippen LogP contribution is -2.26. The van der Waals surface area contributed by atoms with Gasteiger partial charge in [0.05, 0.1) is 36.3 Å². The molecular weight excluding hydrogens is 408 g/mol. The van der Waals surface area contributed by atoms with E-state index >= 15 is 0 Å². The maximum Gasteiger partial charge on any atom is 0.339 e. The highest BCUT2D eigenvalue weighted by Crippen LogP contribution is 2.46. The second kappa shape index (κ2) is 7.76. The van der Waals surface area contributed by atoms with Gasteiger partial charge in [-0.05, 0) is 18.2 Å². The average molecular weight is 427 g/mol. The van der Waals surface area contributed by atoms with Crippen molar-refractivity contribution in [2.24, 2.45) is 0 Å². The van der Waals surface area contributed by atoms with Crippen molar-refractivity contribution in [3.63, 3.8) is 0 Å². The van der Waals surface area contributed by atoms with E-state index in [1.807, 2.05) is 18.2 Å². The van der Waals surface area contributed by atoms with Crippen molar-refractivity contribution in [2.45, 2.75) is 12.3 Å². The maximum absolute atomic E-state index is 12.5. The molecule has 1 aliphatic heterocycles. The number of ether oxygens (including phenoxy) is 2. The fourth-order valence-electron chi connectivity index (χ4n) is 3.92. The van der Waals surface area contributed by atoms with E-state index in [1.165, 1.54) is 20.4 Å². The Balaban J connectivity index is 2.03. The first kappa shape index (κ1) is 19.8. The fraction of sp³-hybridized carbons (Fsp3) is 0.182. The summed E-state index contributed by atoms with van der Waals surface area (Å²) in [5.74, 6) is -0.873. The number of aromatic nitrogens is 1. The van der Waals surface area contributed by atoms with Crippen LogP contribution in [0.25, 0.3) is 5.69 Å². The topological polar surface area (TPSA) is 89.8 Å². The Morgan fingerprint density at radius 1 is 1.17 bits per heavy atom. The number of benzene rings is 2. The van der Waals surface area contributed by atoms with Crippen molar-refractivity contribution in [1.29, 1.82) is 0 Å². The number of rotatable bonds is 5. The van der Waals surface area contributed by atoms with Gasteiger partial charge in [-0.1, -0.05) is 35.9 Å². The van der Waals surface area contributed by atoms with Crippen molar-refractivity contribution >= 4 is 29.2 Å². The quantitative estimate of drug-likeness (QED) is 0.634. The molecule has 0 bridgehead atoms. The smallest absolute Gasteiger partial charge is 0.339 e. The number of hydrogen-bond acceptors (Lipinski definition) is 4. The molecule has 0 aliphatic carbocycles. The minimum atomic E-state index is -1.14. The van der Waals surface area contributed by atoms with Gasteiger partial charge >= 0.3 is 5.97 Å². The van der Waals surface area contributed by atoms with E-state index in [1.54, 1.807) is 28.8 Å². The van der Waals surface area contributed by atoms with Gasteiger partial charge in [0.25, 0.3) is 0 Å². The lowest BCUT2D eigenvalue weighted by atomic mass is 9.87. The van der Waals surface area contributed by atoms with Gasteiger partial charge in [0, 0.05) is 24.1 Å². The molecule has 0 radical (unpaired) electrons. The Hall–Kier alpha value is -3.45. The second-order valence-electron chi connectivity index (χ2n) is 6.82. The second-order valence-corrected chi connectivity index (χ2v) is 7.22. The number of amides is 1. The monoisotopic (exact) mass is 426 g/mol. The average Bonchev–Trinajstić information content (AvgIpc) is 3.12. The van der Waals surface area contributed by atoms with E-state index in [2.05, 4.69) is 5.32 Å². The molecule has 2 N–H and O–H groups in total. The predicted octanol–water partition coefficient (Wildman–Crippen LogP) is 4.32. The molecule has 4 rings (SSSR count). The number of fused-ring (bicyclic) bond motifs is 1. The van der Waals surface area contributed by atoms with Gasteiger partial charge in [0.1, 0.15) is 5.56 Å². The Labute approximate surface area is 177 Å². The first-order valence-electron chi connectivity index (χ1n) is 9.20. The number of para-hydroxylation sites is 2. The van der Waals surface area contributed by atoms with Gasteiger partial charge in [0.15, 0.2) is 11.5 Å². The third kappa shape index (κ3) is 3.17. The van der Waals surface area contributed by atoms with Crippen LogP contribution < -0.4 is 14.8 Å². The molecule has 2 aromatic carbocycles. The van der Waals surface area contributed by atoms with Crippen LogP contribution in [0, 0.1) is 0 Å². The van der Waals surface area contributed by atoms with E-state index in [0.29, 0.717) is 27.9 Å². The number of nitrogens with one attached hydrogen (secondary N) is 1. The first-order chi connectivity index (χ1) is 14.5. The highest BCUT2D eigenvalue weighted by atomic mass is 35.5. The molecule has 1 aromatic heterocycles. The fourth-order valence-corrected chi connectivity index (χ4v) is 4.15. The van der Waals surface area contributed by atoms with Gasteiger partial charge in [-0.2, -0.15) is 0 Å². The summed E-state index contributed by atoms with van der Waals surface area (Å²) >= 11 is 6.42. The summed E-state index contributed by atoms with van der Waals surface area (Å²) in [6.07, 6.45) is 1.60. The Bertz CT molecular complexity index is 1150. The van der Waals surface area contributed by atoms with Crippen LogP contribution in [0.3, 0.4) is 0 Å². The zero-order chi connectivity index (χ0) is 21.4. The highest BCUT2D eigenvalue weighted by Gasteiger charge is 2.36. The molecule has 1 amide bonds. The number of hydrogen-bond donors (Lipinski definition) is 2. The van der Waals surface area contributed by atoms with Gasteiger partial charge < -0.3 is 24.5 Å². The summed E-state index contributed by atoms with van der Waals surface area (Å²) in [7, 11) is 3.07. The van der Waals surface area contributed by atoms with Crippen LogP contribution in [0.2, 0.25) is 5.02 Å². The Kier molecular flexibility index (Phi) is 5.13. The van der Waals surface area contributed by atoms with Crippen LogP contribution in [-0.4, -0.2) is 35.8 Å². The van der Waals surface area contributed by atoms with Crippen LogP contribution in [0.4, 0.5) is 5.69 Å². The molecule has 2 heterocycles. The van der Waals surface area contributed by atoms with E-state index in [4.69, 9.17) is 21.1 Å². The van der Waals surface area contributed by atoms with E-state index in [-0.39, 0.29) is 23.6 Å². The lowest BCUT2D eigenvalue weighted by Gasteiger charge is -2.28. The molecule has 3 aromatic rings. The summed E-state index contributed by atoms with van der Waals surface area (Å²) < 4.78 is 12.7. The van der Waals surface area contributed by atoms with Crippen LogP contribution >= 0.6 is 11.6 Å². The molecule has 0 spiro atoms. The predicted molar refractivity (Wildman–Crippen MR) is 112 cm³/mol. The lowest BCUT2D eigenvalue weighted by molar-refractivity contribution is -0.116. The van der Waals surface area contributed by atoms with Crippen molar-refractivity contribution < 1.29 is 24.2 Å². The number of aromatic carboxylic acids is 1. The standard InChI is InChI=1S/C22H19ClN2O5/c1-29-17-9-5-6-12(21(17)30-2)13-10-18(26)24-19-14(22(27)28)11-25(20(13)19)16-8-4-3-7-15(16)23/h3-9,11,13H,10H2,1-2H3,(H,24,26)(H,27,28)/t13-/m1/s1. The summed E-state index contributed by atoms with van der Waals surface area (Å²) in [5.41, 5.74) is 2.20. The minimum Gasteiger partial charge on any atom is -0.493 e. The number of halogens is 1. The first-order valence-corrected chi connectivity index (χ1v) is 9.58. The van der Waals surface area contributed by atoms with Crippen LogP contribution in [-0.2, 0) is 4.79 Å². The third-order valence-electron chi connectivity index (χ3n) is 5.18. The molecule has 0 fully saturated rings. The van der Waals surface area contributed by atoms with Crippen LogP contribution in [0.5, 0.6) is 11.5 Å². The molecule has 1 atom stereocenters. The SMILES string of the molecule is COc1cccc([C@H]2CC(=O)Nc3c(C(=O)O)cn(-c4ccccc4Cl)c32)c1OC.